The van der Waals surface area contributed by atoms with Crippen LogP contribution < -0.4 is 0 Å². The van der Waals surface area contributed by atoms with Crippen LogP contribution in [0.2, 0.25) is 0 Å². The zero-order valence-corrected chi connectivity index (χ0v) is 16.5. The van der Waals surface area contributed by atoms with Gasteiger partial charge < -0.3 is 4.74 Å². The Balaban J connectivity index is 1.80. The van der Waals surface area contributed by atoms with Crippen molar-refractivity contribution >= 4 is 11.7 Å². The van der Waals surface area contributed by atoms with E-state index in [9.17, 15) is 0 Å². The van der Waals surface area contributed by atoms with Crippen LogP contribution in [-0.2, 0) is 10.3 Å². The number of ether oxygens (including phenoxy) is 1. The van der Waals surface area contributed by atoms with Crippen molar-refractivity contribution in [1.82, 2.24) is 0 Å². The quantitative estimate of drug-likeness (QED) is 0.394. The molecule has 2 nitrogen and oxygen atoms in total. The summed E-state index contributed by atoms with van der Waals surface area (Å²) < 4.78 is 6.37. The first kappa shape index (κ1) is 18.1. The summed E-state index contributed by atoms with van der Waals surface area (Å²) in [6.45, 7) is 0. The lowest BCUT2D eigenvalue weighted by molar-refractivity contribution is 0.464. The van der Waals surface area contributed by atoms with Crippen LogP contribution in [-0.4, -0.2) is 5.90 Å². The molecule has 2 heteroatoms. The van der Waals surface area contributed by atoms with Gasteiger partial charge in [-0.2, -0.15) is 0 Å². The van der Waals surface area contributed by atoms with Gasteiger partial charge in [0.15, 0.2) is 0 Å². The highest BCUT2D eigenvalue weighted by molar-refractivity contribution is 5.99. The second-order valence-corrected chi connectivity index (χ2v) is 7.26. The van der Waals surface area contributed by atoms with E-state index >= 15 is 0 Å². The summed E-state index contributed by atoms with van der Waals surface area (Å²) in [6, 6.07) is 41.1. The van der Waals surface area contributed by atoms with E-state index in [1.165, 1.54) is 0 Å². The summed E-state index contributed by atoms with van der Waals surface area (Å²) in [6.07, 6.45) is 2.14. The van der Waals surface area contributed by atoms with Crippen LogP contribution in [0.3, 0.4) is 0 Å². The van der Waals surface area contributed by atoms with Gasteiger partial charge in [0.2, 0.25) is 5.90 Å². The fraction of sp³-hybridized carbons (Fsp3) is 0.0357. The van der Waals surface area contributed by atoms with E-state index in [0.717, 1.165) is 28.0 Å². The van der Waals surface area contributed by atoms with Crippen LogP contribution >= 0.6 is 0 Å². The number of nitrogens with zero attached hydrogens (tertiary/aromatic N) is 1. The molecule has 0 saturated carbocycles. The molecule has 0 spiro atoms. The third-order valence-electron chi connectivity index (χ3n) is 5.33. The lowest BCUT2D eigenvalue weighted by atomic mass is 9.81. The van der Waals surface area contributed by atoms with Crippen molar-refractivity contribution in [3.63, 3.8) is 0 Å². The van der Waals surface area contributed by atoms with Crippen LogP contribution in [0, 0.1) is 0 Å². The molecule has 144 valence electrons. The molecule has 0 saturated heterocycles. The van der Waals surface area contributed by atoms with E-state index in [2.05, 4.69) is 66.7 Å². The van der Waals surface area contributed by atoms with Crippen molar-refractivity contribution < 1.29 is 4.74 Å². The van der Waals surface area contributed by atoms with Gasteiger partial charge in [0.25, 0.3) is 0 Å². The molecule has 0 radical (unpaired) electrons. The molecule has 0 fully saturated rings. The Morgan fingerprint density at radius 3 is 1.43 bits per heavy atom. The van der Waals surface area contributed by atoms with Gasteiger partial charge in [0, 0.05) is 11.1 Å². The maximum atomic E-state index is 6.37. The van der Waals surface area contributed by atoms with Crippen LogP contribution in [0.1, 0.15) is 22.3 Å². The Hall–Kier alpha value is -3.91. The number of aliphatic imine (C=N–C) groups is 1. The first-order valence-electron chi connectivity index (χ1n) is 10.1. The SMILES string of the molecule is C1=C(c2ccccc2)OC(c2ccccc2)=NC1(c1ccccc1)c1ccccc1. The molecule has 0 N–H and O–H groups in total. The largest absolute Gasteiger partial charge is 0.438 e. The lowest BCUT2D eigenvalue weighted by Gasteiger charge is -2.33. The van der Waals surface area contributed by atoms with Gasteiger partial charge in [-0.3, -0.25) is 0 Å². The van der Waals surface area contributed by atoms with E-state index < -0.39 is 5.54 Å². The minimum absolute atomic E-state index is 0.615. The average Bonchev–Trinajstić information content (AvgIpc) is 2.86. The zero-order chi connectivity index (χ0) is 20.2. The van der Waals surface area contributed by atoms with Crippen molar-refractivity contribution in [2.75, 3.05) is 0 Å². The van der Waals surface area contributed by atoms with Gasteiger partial charge in [-0.15, -0.1) is 0 Å². The summed E-state index contributed by atoms with van der Waals surface area (Å²) in [5.74, 6) is 1.42. The maximum absolute atomic E-state index is 6.37. The second-order valence-electron chi connectivity index (χ2n) is 7.26. The van der Waals surface area contributed by atoms with Gasteiger partial charge in [-0.25, -0.2) is 4.99 Å². The number of rotatable bonds is 4. The maximum Gasteiger partial charge on any atom is 0.223 e. The molecule has 0 unspecified atom stereocenters. The Bertz CT molecular complexity index is 1080. The molecule has 1 heterocycles. The Morgan fingerprint density at radius 2 is 0.933 bits per heavy atom. The van der Waals surface area contributed by atoms with E-state index in [1.54, 1.807) is 0 Å². The molecule has 30 heavy (non-hydrogen) atoms. The molecule has 0 aromatic heterocycles. The Labute approximate surface area is 176 Å². The van der Waals surface area contributed by atoms with Gasteiger partial charge >= 0.3 is 0 Å². The molecular weight excluding hydrogens is 366 g/mol. The van der Waals surface area contributed by atoms with Crippen LogP contribution in [0.5, 0.6) is 0 Å². The molecule has 0 amide bonds. The highest BCUT2D eigenvalue weighted by atomic mass is 16.5. The topological polar surface area (TPSA) is 21.6 Å². The highest BCUT2D eigenvalue weighted by Crippen LogP contribution is 2.41. The molecule has 0 bridgehead atoms. The Morgan fingerprint density at radius 1 is 0.500 bits per heavy atom. The van der Waals surface area contributed by atoms with Crippen LogP contribution in [0.25, 0.3) is 5.76 Å². The Kier molecular flexibility index (Phi) is 4.74. The van der Waals surface area contributed by atoms with Crippen LogP contribution in [0.4, 0.5) is 0 Å². The minimum Gasteiger partial charge on any atom is -0.438 e. The molecule has 0 atom stereocenters. The van der Waals surface area contributed by atoms with E-state index in [1.807, 2.05) is 60.7 Å². The number of hydrogen-bond donors (Lipinski definition) is 0. The van der Waals surface area contributed by atoms with Crippen molar-refractivity contribution in [2.45, 2.75) is 5.54 Å². The summed E-state index contributed by atoms with van der Waals surface area (Å²) >= 11 is 0. The average molecular weight is 387 g/mol. The minimum atomic E-state index is -0.683. The van der Waals surface area contributed by atoms with E-state index in [-0.39, 0.29) is 0 Å². The smallest absolute Gasteiger partial charge is 0.223 e. The zero-order valence-electron chi connectivity index (χ0n) is 16.5. The van der Waals surface area contributed by atoms with Gasteiger partial charge in [-0.1, -0.05) is 109 Å². The fourth-order valence-corrected chi connectivity index (χ4v) is 3.83. The fourth-order valence-electron chi connectivity index (χ4n) is 3.83. The van der Waals surface area contributed by atoms with Crippen molar-refractivity contribution in [3.8, 4) is 0 Å². The lowest BCUT2D eigenvalue weighted by Crippen LogP contribution is -2.30. The third-order valence-corrected chi connectivity index (χ3v) is 5.33. The van der Waals surface area contributed by atoms with Gasteiger partial charge in [0.1, 0.15) is 11.3 Å². The molecule has 1 aliphatic heterocycles. The normalized spacial score (nSPS) is 14.9. The molecule has 5 rings (SSSR count). The molecule has 1 aliphatic rings. The molecule has 0 aliphatic carbocycles. The first-order chi connectivity index (χ1) is 14.9. The summed E-state index contributed by atoms with van der Waals surface area (Å²) in [5, 5.41) is 0. The molecule has 4 aromatic rings. The van der Waals surface area contributed by atoms with E-state index in [4.69, 9.17) is 9.73 Å². The third kappa shape index (κ3) is 3.33. The predicted molar refractivity (Wildman–Crippen MR) is 122 cm³/mol. The van der Waals surface area contributed by atoms with Gasteiger partial charge in [-0.05, 0) is 29.3 Å². The standard InChI is InChI=1S/C28H21NO/c1-5-13-22(14-6-1)26-21-28(24-17-9-3-10-18-24,25-19-11-4-12-20-25)29-27(30-26)23-15-7-2-8-16-23/h1-21H. The predicted octanol–water partition coefficient (Wildman–Crippen LogP) is 6.45. The van der Waals surface area contributed by atoms with Crippen molar-refractivity contribution in [3.05, 3.63) is 150 Å². The number of benzene rings is 4. The monoisotopic (exact) mass is 387 g/mol. The van der Waals surface area contributed by atoms with Crippen LogP contribution in [0.15, 0.2) is 132 Å². The number of hydrogen-bond acceptors (Lipinski definition) is 2. The van der Waals surface area contributed by atoms with Crippen molar-refractivity contribution in [2.24, 2.45) is 4.99 Å². The highest BCUT2D eigenvalue weighted by Gasteiger charge is 2.37. The van der Waals surface area contributed by atoms with Gasteiger partial charge in [0.05, 0.1) is 0 Å². The second kappa shape index (κ2) is 7.84. The molecular formula is C28H21NO. The molecule has 4 aromatic carbocycles. The first-order valence-corrected chi connectivity index (χ1v) is 10.1. The summed E-state index contributed by atoms with van der Waals surface area (Å²) in [5.41, 5.74) is 3.49. The van der Waals surface area contributed by atoms with Crippen molar-refractivity contribution in [1.29, 1.82) is 0 Å². The summed E-state index contributed by atoms with van der Waals surface area (Å²) in [7, 11) is 0. The summed E-state index contributed by atoms with van der Waals surface area (Å²) in [4.78, 5) is 5.22. The van der Waals surface area contributed by atoms with E-state index in [0.29, 0.717) is 5.90 Å².